The van der Waals surface area contributed by atoms with E-state index >= 15 is 0 Å². The molecule has 1 unspecified atom stereocenters. The third-order valence-corrected chi connectivity index (χ3v) is 2.54. The van der Waals surface area contributed by atoms with Gasteiger partial charge in [0.1, 0.15) is 0 Å². The normalized spacial score (nSPS) is 14.4. The number of rotatable bonds is 8. The minimum Gasteiger partial charge on any atom is -0.389 e. The predicted octanol–water partition coefficient (Wildman–Crippen LogP) is 1.55. The van der Waals surface area contributed by atoms with E-state index in [1.807, 2.05) is 20.8 Å². The Morgan fingerprint density at radius 1 is 1.29 bits per heavy atom. The highest BCUT2D eigenvalue weighted by molar-refractivity contribution is 4.79. The lowest BCUT2D eigenvalue weighted by Gasteiger charge is -2.26. The molecule has 0 aliphatic heterocycles. The SMILES string of the molecule is COCCCCCNC(C)C(C)(C)O. The van der Waals surface area contributed by atoms with Crippen molar-refractivity contribution < 1.29 is 9.84 Å². The van der Waals surface area contributed by atoms with Crippen molar-refractivity contribution in [1.29, 1.82) is 0 Å². The van der Waals surface area contributed by atoms with Gasteiger partial charge in [-0.15, -0.1) is 0 Å². The molecule has 0 aromatic rings. The van der Waals surface area contributed by atoms with Crippen LogP contribution in [-0.4, -0.2) is 37.0 Å². The first kappa shape index (κ1) is 13.9. The molecule has 0 radical (unpaired) electrons. The summed E-state index contributed by atoms with van der Waals surface area (Å²) in [6, 6.07) is 0.143. The van der Waals surface area contributed by atoms with Crippen LogP contribution >= 0.6 is 0 Å². The quantitative estimate of drug-likeness (QED) is 0.588. The van der Waals surface area contributed by atoms with Crippen LogP contribution < -0.4 is 5.32 Å². The summed E-state index contributed by atoms with van der Waals surface area (Å²) >= 11 is 0. The zero-order valence-electron chi connectivity index (χ0n) is 9.97. The Hall–Kier alpha value is -0.120. The minimum absolute atomic E-state index is 0.143. The highest BCUT2D eigenvalue weighted by atomic mass is 16.5. The lowest BCUT2D eigenvalue weighted by molar-refractivity contribution is 0.0443. The number of methoxy groups -OCH3 is 1. The molecular weight excluding hydrogens is 178 g/mol. The van der Waals surface area contributed by atoms with Crippen molar-refractivity contribution in [2.75, 3.05) is 20.3 Å². The number of hydrogen-bond acceptors (Lipinski definition) is 3. The van der Waals surface area contributed by atoms with Crippen LogP contribution in [0.2, 0.25) is 0 Å². The van der Waals surface area contributed by atoms with Crippen LogP contribution in [0.25, 0.3) is 0 Å². The Kier molecular flexibility index (Phi) is 7.15. The lowest BCUT2D eigenvalue weighted by atomic mass is 10.0. The van der Waals surface area contributed by atoms with Crippen LogP contribution in [0.4, 0.5) is 0 Å². The average molecular weight is 203 g/mol. The van der Waals surface area contributed by atoms with Gasteiger partial charge in [0.25, 0.3) is 0 Å². The van der Waals surface area contributed by atoms with Crippen molar-refractivity contribution in [3.8, 4) is 0 Å². The summed E-state index contributed by atoms with van der Waals surface area (Å²) in [5.74, 6) is 0. The first-order valence-corrected chi connectivity index (χ1v) is 5.43. The van der Waals surface area contributed by atoms with E-state index in [1.54, 1.807) is 7.11 Å². The van der Waals surface area contributed by atoms with Gasteiger partial charge in [0.15, 0.2) is 0 Å². The Bertz CT molecular complexity index is 132. The van der Waals surface area contributed by atoms with Crippen molar-refractivity contribution in [2.24, 2.45) is 0 Å². The van der Waals surface area contributed by atoms with Crippen LogP contribution in [0.5, 0.6) is 0 Å². The van der Waals surface area contributed by atoms with Crippen molar-refractivity contribution in [1.82, 2.24) is 5.32 Å². The highest BCUT2D eigenvalue weighted by Gasteiger charge is 2.20. The van der Waals surface area contributed by atoms with Gasteiger partial charge in [-0.3, -0.25) is 0 Å². The molecule has 2 N–H and O–H groups in total. The van der Waals surface area contributed by atoms with E-state index in [-0.39, 0.29) is 6.04 Å². The molecule has 14 heavy (non-hydrogen) atoms. The van der Waals surface area contributed by atoms with Crippen LogP contribution in [0, 0.1) is 0 Å². The van der Waals surface area contributed by atoms with E-state index in [2.05, 4.69) is 5.32 Å². The molecular formula is C11H25NO2. The summed E-state index contributed by atoms with van der Waals surface area (Å²) in [5, 5.41) is 13.0. The Morgan fingerprint density at radius 2 is 1.93 bits per heavy atom. The predicted molar refractivity (Wildman–Crippen MR) is 59.5 cm³/mol. The van der Waals surface area contributed by atoms with Crippen molar-refractivity contribution in [3.05, 3.63) is 0 Å². The molecule has 0 bridgehead atoms. The maximum absolute atomic E-state index is 9.64. The molecule has 0 aromatic heterocycles. The summed E-state index contributed by atoms with van der Waals surface area (Å²) < 4.78 is 4.96. The van der Waals surface area contributed by atoms with Gasteiger partial charge in [0.2, 0.25) is 0 Å². The monoisotopic (exact) mass is 203 g/mol. The molecule has 0 saturated heterocycles. The summed E-state index contributed by atoms with van der Waals surface area (Å²) in [6.45, 7) is 7.48. The molecule has 0 rings (SSSR count). The van der Waals surface area contributed by atoms with Gasteiger partial charge < -0.3 is 15.2 Å². The number of aliphatic hydroxyl groups is 1. The standard InChI is InChI=1S/C11H25NO2/c1-10(11(2,3)13)12-8-6-5-7-9-14-4/h10,12-13H,5-9H2,1-4H3. The van der Waals surface area contributed by atoms with Crippen LogP contribution in [0.15, 0.2) is 0 Å². The molecule has 1 atom stereocenters. The summed E-state index contributed by atoms with van der Waals surface area (Å²) in [7, 11) is 1.73. The van der Waals surface area contributed by atoms with E-state index in [9.17, 15) is 5.11 Å². The Balaban J connectivity index is 3.28. The fourth-order valence-electron chi connectivity index (χ4n) is 1.12. The molecule has 0 aromatic carbocycles. The topological polar surface area (TPSA) is 41.5 Å². The van der Waals surface area contributed by atoms with Gasteiger partial charge in [-0.2, -0.15) is 0 Å². The molecule has 0 amide bonds. The van der Waals surface area contributed by atoms with Gasteiger partial charge in [-0.1, -0.05) is 0 Å². The van der Waals surface area contributed by atoms with Crippen LogP contribution in [0.1, 0.15) is 40.0 Å². The molecule has 0 saturated carbocycles. The zero-order valence-corrected chi connectivity index (χ0v) is 9.97. The molecule has 0 heterocycles. The third-order valence-electron chi connectivity index (χ3n) is 2.54. The fraction of sp³-hybridized carbons (Fsp3) is 1.00. The molecule has 86 valence electrons. The second kappa shape index (κ2) is 7.21. The summed E-state index contributed by atoms with van der Waals surface area (Å²) in [4.78, 5) is 0. The molecule has 3 heteroatoms. The van der Waals surface area contributed by atoms with Crippen LogP contribution in [-0.2, 0) is 4.74 Å². The van der Waals surface area contributed by atoms with E-state index < -0.39 is 5.60 Å². The van der Waals surface area contributed by atoms with Crippen molar-refractivity contribution >= 4 is 0 Å². The first-order valence-electron chi connectivity index (χ1n) is 5.43. The largest absolute Gasteiger partial charge is 0.389 e. The zero-order chi connectivity index (χ0) is 11.0. The Morgan fingerprint density at radius 3 is 2.43 bits per heavy atom. The molecule has 0 spiro atoms. The average Bonchev–Trinajstić information content (AvgIpc) is 2.09. The van der Waals surface area contributed by atoms with Gasteiger partial charge in [0.05, 0.1) is 5.60 Å². The van der Waals surface area contributed by atoms with Gasteiger partial charge in [-0.05, 0) is 46.6 Å². The smallest absolute Gasteiger partial charge is 0.0741 e. The van der Waals surface area contributed by atoms with Crippen molar-refractivity contribution in [3.63, 3.8) is 0 Å². The molecule has 0 fully saturated rings. The fourth-order valence-corrected chi connectivity index (χ4v) is 1.12. The molecule has 0 aliphatic rings. The number of hydrogen-bond donors (Lipinski definition) is 2. The summed E-state index contributed by atoms with van der Waals surface area (Å²) in [6.07, 6.45) is 3.44. The van der Waals surface area contributed by atoms with E-state index in [0.717, 1.165) is 26.0 Å². The molecule has 3 nitrogen and oxygen atoms in total. The Labute approximate surface area is 87.8 Å². The van der Waals surface area contributed by atoms with Crippen LogP contribution in [0.3, 0.4) is 0 Å². The number of unbranched alkanes of at least 4 members (excludes halogenated alkanes) is 2. The maximum Gasteiger partial charge on any atom is 0.0741 e. The lowest BCUT2D eigenvalue weighted by Crippen LogP contribution is -2.44. The van der Waals surface area contributed by atoms with Crippen molar-refractivity contribution in [2.45, 2.75) is 51.7 Å². The number of nitrogens with one attached hydrogen (secondary N) is 1. The second-order valence-electron chi connectivity index (χ2n) is 4.38. The first-order chi connectivity index (χ1) is 6.48. The number of ether oxygens (including phenoxy) is 1. The van der Waals surface area contributed by atoms with E-state index in [1.165, 1.54) is 6.42 Å². The van der Waals surface area contributed by atoms with Gasteiger partial charge >= 0.3 is 0 Å². The van der Waals surface area contributed by atoms with Gasteiger partial charge in [0, 0.05) is 19.8 Å². The highest BCUT2D eigenvalue weighted by Crippen LogP contribution is 2.07. The maximum atomic E-state index is 9.64. The van der Waals surface area contributed by atoms with E-state index in [0.29, 0.717) is 0 Å². The van der Waals surface area contributed by atoms with Gasteiger partial charge in [-0.25, -0.2) is 0 Å². The third kappa shape index (κ3) is 7.30. The minimum atomic E-state index is -0.632. The summed E-state index contributed by atoms with van der Waals surface area (Å²) in [5.41, 5.74) is -0.632. The second-order valence-corrected chi connectivity index (χ2v) is 4.38. The van der Waals surface area contributed by atoms with E-state index in [4.69, 9.17) is 4.74 Å². The molecule has 0 aliphatic carbocycles.